The van der Waals surface area contributed by atoms with E-state index in [1.54, 1.807) is 24.3 Å². The Morgan fingerprint density at radius 2 is 1.67 bits per heavy atom. The number of benzene rings is 2. The molecule has 2 aromatic carbocycles. The Bertz CT molecular complexity index is 1040. The van der Waals surface area contributed by atoms with Gasteiger partial charge in [0.2, 0.25) is 5.91 Å². The molecule has 1 heterocycles. The van der Waals surface area contributed by atoms with Gasteiger partial charge in [0.1, 0.15) is 6.26 Å². The maximum atomic E-state index is 13.5. The van der Waals surface area contributed by atoms with Gasteiger partial charge in [-0.2, -0.15) is 13.2 Å². The highest BCUT2D eigenvalue weighted by Gasteiger charge is 2.34. The van der Waals surface area contributed by atoms with Crippen LogP contribution in [0.4, 0.5) is 30.2 Å². The first kappa shape index (κ1) is 21.4. The van der Waals surface area contributed by atoms with E-state index in [4.69, 9.17) is 4.42 Å². The molecule has 2 amide bonds. The van der Waals surface area contributed by atoms with Crippen LogP contribution < -0.4 is 16.0 Å². The Kier molecular flexibility index (Phi) is 6.46. The SMILES string of the molecule is O=C(CNc1ccc(NC(=O)c2ccoc2)cc1C(F)(F)F)Nc1ccc(Br)cc1. The van der Waals surface area contributed by atoms with Gasteiger partial charge in [0, 0.05) is 21.5 Å². The number of nitrogens with one attached hydrogen (secondary N) is 3. The van der Waals surface area contributed by atoms with Gasteiger partial charge < -0.3 is 20.4 Å². The van der Waals surface area contributed by atoms with E-state index in [-0.39, 0.29) is 23.5 Å². The Morgan fingerprint density at radius 1 is 0.967 bits per heavy atom. The van der Waals surface area contributed by atoms with Gasteiger partial charge in [-0.1, -0.05) is 15.9 Å². The van der Waals surface area contributed by atoms with Crippen LogP contribution in [0.15, 0.2) is 69.9 Å². The Hall–Kier alpha value is -3.27. The number of alkyl halides is 3. The molecule has 0 aliphatic rings. The van der Waals surface area contributed by atoms with Crippen molar-refractivity contribution >= 4 is 44.8 Å². The molecular formula is C20H15BrF3N3O3. The Labute approximate surface area is 177 Å². The lowest BCUT2D eigenvalue weighted by atomic mass is 10.1. The topological polar surface area (TPSA) is 83.4 Å². The zero-order chi connectivity index (χ0) is 21.7. The molecular weight excluding hydrogens is 467 g/mol. The van der Waals surface area contributed by atoms with Crippen LogP contribution in [0.1, 0.15) is 15.9 Å². The summed E-state index contributed by atoms with van der Waals surface area (Å²) in [7, 11) is 0. The summed E-state index contributed by atoms with van der Waals surface area (Å²) < 4.78 is 46.0. The van der Waals surface area contributed by atoms with Gasteiger partial charge in [0.25, 0.3) is 5.91 Å². The molecule has 0 saturated heterocycles. The molecule has 30 heavy (non-hydrogen) atoms. The molecule has 0 atom stereocenters. The molecule has 0 fully saturated rings. The molecule has 0 bridgehead atoms. The smallest absolute Gasteiger partial charge is 0.418 e. The third-order valence-corrected chi connectivity index (χ3v) is 4.46. The summed E-state index contributed by atoms with van der Waals surface area (Å²) in [6, 6.07) is 11.4. The molecule has 10 heteroatoms. The summed E-state index contributed by atoms with van der Waals surface area (Å²) in [5.41, 5.74) is -0.647. The lowest BCUT2D eigenvalue weighted by molar-refractivity contribution is -0.137. The summed E-state index contributed by atoms with van der Waals surface area (Å²) >= 11 is 3.27. The van der Waals surface area contributed by atoms with Crippen molar-refractivity contribution < 1.29 is 27.2 Å². The monoisotopic (exact) mass is 481 g/mol. The first-order valence-corrected chi connectivity index (χ1v) is 9.36. The zero-order valence-electron chi connectivity index (χ0n) is 15.2. The molecule has 0 unspecified atom stereocenters. The van der Waals surface area contributed by atoms with E-state index in [2.05, 4.69) is 31.9 Å². The lowest BCUT2D eigenvalue weighted by Crippen LogP contribution is -2.23. The highest BCUT2D eigenvalue weighted by molar-refractivity contribution is 9.10. The minimum Gasteiger partial charge on any atom is -0.472 e. The predicted octanol–water partition coefficient (Wildman–Crippen LogP) is 5.36. The fourth-order valence-electron chi connectivity index (χ4n) is 2.52. The van der Waals surface area contributed by atoms with E-state index in [1.807, 2.05) is 0 Å². The van der Waals surface area contributed by atoms with Crippen molar-refractivity contribution in [1.29, 1.82) is 0 Å². The quantitative estimate of drug-likeness (QED) is 0.442. The minimum atomic E-state index is -4.69. The maximum absolute atomic E-state index is 13.5. The van der Waals surface area contributed by atoms with Crippen LogP contribution in [0.2, 0.25) is 0 Å². The number of carbonyl (C=O) groups is 2. The molecule has 0 aliphatic heterocycles. The van der Waals surface area contributed by atoms with Crippen LogP contribution in [0.25, 0.3) is 0 Å². The molecule has 0 saturated carbocycles. The zero-order valence-corrected chi connectivity index (χ0v) is 16.8. The summed E-state index contributed by atoms with van der Waals surface area (Å²) in [4.78, 5) is 24.0. The average molecular weight is 482 g/mol. The molecule has 6 nitrogen and oxygen atoms in total. The van der Waals surface area contributed by atoms with Crippen LogP contribution in [0.3, 0.4) is 0 Å². The molecule has 0 aliphatic carbocycles. The van der Waals surface area contributed by atoms with E-state index in [1.165, 1.54) is 24.7 Å². The minimum absolute atomic E-state index is 0.0432. The molecule has 156 valence electrons. The maximum Gasteiger partial charge on any atom is 0.418 e. The summed E-state index contributed by atoms with van der Waals surface area (Å²) in [5, 5.41) is 7.45. The summed E-state index contributed by atoms with van der Waals surface area (Å²) in [5.74, 6) is -1.12. The van der Waals surface area contributed by atoms with Crippen LogP contribution >= 0.6 is 15.9 Å². The van der Waals surface area contributed by atoms with Crippen LogP contribution in [0, 0.1) is 0 Å². The van der Waals surface area contributed by atoms with E-state index < -0.39 is 23.6 Å². The number of amides is 2. The fraction of sp³-hybridized carbons (Fsp3) is 0.100. The molecule has 0 radical (unpaired) electrons. The standard InChI is InChI=1S/C20H15BrF3N3O3/c21-13-1-3-14(4-2-13)26-18(28)10-25-17-6-5-15(9-16(17)20(22,23)24)27-19(29)12-7-8-30-11-12/h1-9,11,25H,10H2,(H,26,28)(H,27,29). The Morgan fingerprint density at radius 3 is 2.30 bits per heavy atom. The van der Waals surface area contributed by atoms with E-state index in [0.717, 1.165) is 16.6 Å². The molecule has 0 spiro atoms. The second-order valence-electron chi connectivity index (χ2n) is 6.13. The second-order valence-corrected chi connectivity index (χ2v) is 7.05. The van der Waals surface area contributed by atoms with Crippen molar-refractivity contribution in [1.82, 2.24) is 0 Å². The lowest BCUT2D eigenvalue weighted by Gasteiger charge is -2.16. The van der Waals surface area contributed by atoms with E-state index >= 15 is 0 Å². The highest BCUT2D eigenvalue weighted by Crippen LogP contribution is 2.36. The van der Waals surface area contributed by atoms with Gasteiger partial charge in [-0.3, -0.25) is 9.59 Å². The van der Waals surface area contributed by atoms with Gasteiger partial charge in [0.15, 0.2) is 0 Å². The van der Waals surface area contributed by atoms with Gasteiger partial charge in [0.05, 0.1) is 23.9 Å². The largest absolute Gasteiger partial charge is 0.472 e. The predicted molar refractivity (Wildman–Crippen MR) is 109 cm³/mol. The summed E-state index contributed by atoms with van der Waals surface area (Å²) in [6.07, 6.45) is -2.23. The number of carbonyl (C=O) groups excluding carboxylic acids is 2. The van der Waals surface area contributed by atoms with Crippen molar-refractivity contribution in [2.24, 2.45) is 0 Å². The van der Waals surface area contributed by atoms with Gasteiger partial charge in [-0.05, 0) is 48.5 Å². The second kappa shape index (κ2) is 9.04. The summed E-state index contributed by atoms with van der Waals surface area (Å²) in [6.45, 7) is -0.375. The first-order chi connectivity index (χ1) is 14.2. The van der Waals surface area contributed by atoms with Gasteiger partial charge in [-0.25, -0.2) is 0 Å². The van der Waals surface area contributed by atoms with E-state index in [0.29, 0.717) is 5.69 Å². The number of halogens is 4. The molecule has 3 N–H and O–H groups in total. The number of rotatable bonds is 6. The number of furan rings is 1. The average Bonchev–Trinajstić information content (AvgIpc) is 3.23. The normalized spacial score (nSPS) is 11.1. The van der Waals surface area contributed by atoms with Crippen molar-refractivity contribution in [2.75, 3.05) is 22.5 Å². The van der Waals surface area contributed by atoms with Crippen LogP contribution in [-0.4, -0.2) is 18.4 Å². The third-order valence-electron chi connectivity index (χ3n) is 3.93. The molecule has 3 aromatic rings. The molecule has 3 rings (SSSR count). The van der Waals surface area contributed by atoms with Crippen molar-refractivity contribution in [2.45, 2.75) is 6.18 Å². The number of hydrogen-bond donors (Lipinski definition) is 3. The Balaban J connectivity index is 1.69. The first-order valence-electron chi connectivity index (χ1n) is 8.56. The van der Waals surface area contributed by atoms with Crippen molar-refractivity contribution in [3.8, 4) is 0 Å². The number of anilines is 3. The number of hydrogen-bond acceptors (Lipinski definition) is 4. The van der Waals surface area contributed by atoms with Crippen LogP contribution in [-0.2, 0) is 11.0 Å². The van der Waals surface area contributed by atoms with Crippen LogP contribution in [0.5, 0.6) is 0 Å². The van der Waals surface area contributed by atoms with Crippen molar-refractivity contribution in [3.05, 3.63) is 76.7 Å². The van der Waals surface area contributed by atoms with Crippen molar-refractivity contribution in [3.63, 3.8) is 0 Å². The fourth-order valence-corrected chi connectivity index (χ4v) is 2.79. The third kappa shape index (κ3) is 5.63. The van der Waals surface area contributed by atoms with Gasteiger partial charge >= 0.3 is 6.18 Å². The highest BCUT2D eigenvalue weighted by atomic mass is 79.9. The van der Waals surface area contributed by atoms with E-state index in [9.17, 15) is 22.8 Å². The molecule has 1 aromatic heterocycles. The van der Waals surface area contributed by atoms with Gasteiger partial charge in [-0.15, -0.1) is 0 Å².